The van der Waals surface area contributed by atoms with Crippen LogP contribution < -0.4 is 10.6 Å². The third kappa shape index (κ3) is 4.31. The SMILES string of the molecule is Cn1nc(C(=O)NCCc2cccc(Cl)c2)cc1NC(=O)c1ccco1. The van der Waals surface area contributed by atoms with E-state index < -0.39 is 5.91 Å². The molecule has 8 heteroatoms. The second-order valence-electron chi connectivity index (χ2n) is 5.61. The smallest absolute Gasteiger partial charge is 0.292 e. The number of anilines is 1. The lowest BCUT2D eigenvalue weighted by Gasteiger charge is -2.03. The Morgan fingerprint density at radius 1 is 1.19 bits per heavy atom. The quantitative estimate of drug-likeness (QED) is 0.696. The van der Waals surface area contributed by atoms with Crippen LogP contribution in [0.15, 0.2) is 53.1 Å². The van der Waals surface area contributed by atoms with Crippen molar-refractivity contribution in [2.75, 3.05) is 11.9 Å². The highest BCUT2D eigenvalue weighted by molar-refractivity contribution is 6.30. The number of aromatic nitrogens is 2. The second-order valence-corrected chi connectivity index (χ2v) is 6.04. The summed E-state index contributed by atoms with van der Waals surface area (Å²) in [6.45, 7) is 0.448. The van der Waals surface area contributed by atoms with Crippen LogP contribution in [0.1, 0.15) is 26.6 Å². The topological polar surface area (TPSA) is 89.2 Å². The first-order valence-electron chi connectivity index (χ1n) is 7.94. The molecular formula is C18H17ClN4O3. The van der Waals surface area contributed by atoms with Crippen molar-refractivity contribution in [2.45, 2.75) is 6.42 Å². The van der Waals surface area contributed by atoms with Crippen molar-refractivity contribution in [3.05, 3.63) is 70.8 Å². The summed E-state index contributed by atoms with van der Waals surface area (Å²) in [7, 11) is 1.64. The molecule has 0 aliphatic heterocycles. The summed E-state index contributed by atoms with van der Waals surface area (Å²) in [6, 6.07) is 12.2. The number of carbonyl (C=O) groups excluding carboxylic acids is 2. The fourth-order valence-electron chi connectivity index (χ4n) is 2.38. The summed E-state index contributed by atoms with van der Waals surface area (Å²) < 4.78 is 6.46. The first kappa shape index (κ1) is 17.8. The Kier molecular flexibility index (Phi) is 5.38. The van der Waals surface area contributed by atoms with Crippen molar-refractivity contribution in [1.82, 2.24) is 15.1 Å². The van der Waals surface area contributed by atoms with E-state index in [9.17, 15) is 9.59 Å². The van der Waals surface area contributed by atoms with Gasteiger partial charge in [0.1, 0.15) is 5.82 Å². The molecule has 2 N–H and O–H groups in total. The van der Waals surface area contributed by atoms with E-state index in [0.29, 0.717) is 23.8 Å². The van der Waals surface area contributed by atoms with E-state index in [0.717, 1.165) is 5.56 Å². The highest BCUT2D eigenvalue weighted by Gasteiger charge is 2.16. The molecule has 7 nitrogen and oxygen atoms in total. The molecule has 134 valence electrons. The molecule has 2 aromatic heterocycles. The average molecular weight is 373 g/mol. The van der Waals surface area contributed by atoms with Gasteiger partial charge in [-0.05, 0) is 36.2 Å². The monoisotopic (exact) mass is 372 g/mol. The van der Waals surface area contributed by atoms with Crippen LogP contribution in [0, 0.1) is 0 Å². The van der Waals surface area contributed by atoms with Gasteiger partial charge in [-0.15, -0.1) is 0 Å². The lowest BCUT2D eigenvalue weighted by Crippen LogP contribution is -2.26. The number of carbonyl (C=O) groups is 2. The van der Waals surface area contributed by atoms with E-state index >= 15 is 0 Å². The maximum atomic E-state index is 12.2. The molecule has 0 unspecified atom stereocenters. The van der Waals surface area contributed by atoms with Crippen molar-refractivity contribution < 1.29 is 14.0 Å². The van der Waals surface area contributed by atoms with Gasteiger partial charge < -0.3 is 15.1 Å². The molecule has 0 saturated heterocycles. The van der Waals surface area contributed by atoms with Crippen LogP contribution in [0.3, 0.4) is 0 Å². The molecule has 0 aliphatic rings. The summed E-state index contributed by atoms with van der Waals surface area (Å²) in [6.07, 6.45) is 2.07. The molecular weight excluding hydrogens is 356 g/mol. The minimum Gasteiger partial charge on any atom is -0.459 e. The minimum atomic E-state index is -0.411. The molecule has 0 bridgehead atoms. The summed E-state index contributed by atoms with van der Waals surface area (Å²) in [5.74, 6) is -0.155. The number of halogens is 1. The molecule has 2 heterocycles. The van der Waals surface area contributed by atoms with Crippen molar-refractivity contribution in [3.63, 3.8) is 0 Å². The zero-order chi connectivity index (χ0) is 18.5. The number of furan rings is 1. The first-order chi connectivity index (χ1) is 12.5. The van der Waals surface area contributed by atoms with E-state index in [1.165, 1.54) is 17.0 Å². The van der Waals surface area contributed by atoms with Gasteiger partial charge in [-0.25, -0.2) is 0 Å². The Morgan fingerprint density at radius 2 is 2.04 bits per heavy atom. The Bertz CT molecular complexity index is 918. The number of aryl methyl sites for hydroxylation is 1. The molecule has 26 heavy (non-hydrogen) atoms. The number of hydrogen-bond donors (Lipinski definition) is 2. The van der Waals surface area contributed by atoms with Crippen molar-refractivity contribution >= 4 is 29.2 Å². The molecule has 0 spiro atoms. The molecule has 0 fully saturated rings. The maximum Gasteiger partial charge on any atom is 0.292 e. The lowest BCUT2D eigenvalue weighted by atomic mass is 10.1. The van der Waals surface area contributed by atoms with Gasteiger partial charge in [-0.2, -0.15) is 5.10 Å². The number of benzene rings is 1. The van der Waals surface area contributed by atoms with Gasteiger partial charge in [-0.1, -0.05) is 23.7 Å². The molecule has 0 aliphatic carbocycles. The lowest BCUT2D eigenvalue weighted by molar-refractivity contribution is 0.0947. The van der Waals surface area contributed by atoms with E-state index in [1.807, 2.05) is 18.2 Å². The molecule has 3 rings (SSSR count). The number of hydrogen-bond acceptors (Lipinski definition) is 4. The van der Waals surface area contributed by atoms with Crippen molar-refractivity contribution in [3.8, 4) is 0 Å². The van der Waals surface area contributed by atoms with Gasteiger partial charge in [0.05, 0.1) is 6.26 Å². The number of nitrogens with zero attached hydrogens (tertiary/aromatic N) is 2. The van der Waals surface area contributed by atoms with Gasteiger partial charge in [0.25, 0.3) is 11.8 Å². The van der Waals surface area contributed by atoms with E-state index in [2.05, 4.69) is 15.7 Å². The first-order valence-corrected chi connectivity index (χ1v) is 8.32. The molecule has 0 saturated carbocycles. The average Bonchev–Trinajstić information content (AvgIpc) is 3.25. The summed E-state index contributed by atoms with van der Waals surface area (Å²) in [5.41, 5.74) is 1.25. The van der Waals surface area contributed by atoms with Gasteiger partial charge in [0.15, 0.2) is 11.5 Å². The van der Waals surface area contributed by atoms with Crippen LogP contribution in [0.25, 0.3) is 0 Å². The van der Waals surface area contributed by atoms with E-state index in [-0.39, 0.29) is 17.4 Å². The van der Waals surface area contributed by atoms with Crippen LogP contribution in [-0.4, -0.2) is 28.1 Å². The van der Waals surface area contributed by atoms with Crippen LogP contribution >= 0.6 is 11.6 Å². The Balaban J connectivity index is 1.57. The van der Waals surface area contributed by atoms with Crippen molar-refractivity contribution in [2.24, 2.45) is 7.05 Å². The van der Waals surface area contributed by atoms with Gasteiger partial charge >= 0.3 is 0 Å². The van der Waals surface area contributed by atoms with Crippen LogP contribution in [-0.2, 0) is 13.5 Å². The highest BCUT2D eigenvalue weighted by Crippen LogP contribution is 2.13. The second kappa shape index (κ2) is 7.88. The summed E-state index contributed by atoms with van der Waals surface area (Å²) in [4.78, 5) is 24.2. The summed E-state index contributed by atoms with van der Waals surface area (Å²) >= 11 is 5.94. The molecule has 1 aromatic carbocycles. The molecule has 3 aromatic rings. The molecule has 0 atom stereocenters. The number of nitrogens with one attached hydrogen (secondary N) is 2. The summed E-state index contributed by atoms with van der Waals surface area (Å²) in [5, 5.41) is 10.2. The van der Waals surface area contributed by atoms with Gasteiger partial charge in [0, 0.05) is 24.7 Å². The number of amides is 2. The molecule has 0 radical (unpaired) electrons. The third-order valence-corrected chi connectivity index (χ3v) is 3.92. The molecule has 2 amide bonds. The van der Waals surface area contributed by atoms with Crippen molar-refractivity contribution in [1.29, 1.82) is 0 Å². The standard InChI is InChI=1S/C18H17ClN4O3/c1-23-16(21-18(25)15-6-3-9-26-15)11-14(22-23)17(24)20-8-7-12-4-2-5-13(19)10-12/h2-6,9-11H,7-8H2,1H3,(H,20,24)(H,21,25). The predicted molar refractivity (Wildman–Crippen MR) is 97.4 cm³/mol. The van der Waals surface area contributed by atoms with Crippen LogP contribution in [0.4, 0.5) is 5.82 Å². The van der Waals surface area contributed by atoms with Crippen LogP contribution in [0.5, 0.6) is 0 Å². The fourth-order valence-corrected chi connectivity index (χ4v) is 2.60. The Labute approximate surface area is 154 Å². The Hall–Kier alpha value is -3.06. The van der Waals surface area contributed by atoms with Gasteiger partial charge in [-0.3, -0.25) is 14.3 Å². The highest BCUT2D eigenvalue weighted by atomic mass is 35.5. The van der Waals surface area contributed by atoms with Gasteiger partial charge in [0.2, 0.25) is 0 Å². The van der Waals surface area contributed by atoms with Crippen LogP contribution in [0.2, 0.25) is 5.02 Å². The fraction of sp³-hybridized carbons (Fsp3) is 0.167. The van der Waals surface area contributed by atoms with E-state index in [1.54, 1.807) is 25.2 Å². The predicted octanol–water partition coefficient (Wildman–Crippen LogP) is 2.89. The normalized spacial score (nSPS) is 10.5. The number of rotatable bonds is 6. The maximum absolute atomic E-state index is 12.2. The van der Waals surface area contributed by atoms with E-state index in [4.69, 9.17) is 16.0 Å². The third-order valence-electron chi connectivity index (χ3n) is 3.69. The largest absolute Gasteiger partial charge is 0.459 e. The minimum absolute atomic E-state index is 0.179. The zero-order valence-electron chi connectivity index (χ0n) is 14.0. The zero-order valence-corrected chi connectivity index (χ0v) is 14.8. The Morgan fingerprint density at radius 3 is 2.77 bits per heavy atom.